The third-order valence-corrected chi connectivity index (χ3v) is 5.32. The number of piperidine rings is 1. The molecule has 1 unspecified atom stereocenters. The molecule has 1 atom stereocenters. The van der Waals surface area contributed by atoms with Crippen LogP contribution in [0.1, 0.15) is 59.3 Å². The van der Waals surface area contributed by atoms with E-state index < -0.39 is 0 Å². The Hall–Kier alpha value is -0.0800. The Balaban J connectivity index is 1.67. The van der Waals surface area contributed by atoms with Gasteiger partial charge in [-0.05, 0) is 70.0 Å². The van der Waals surface area contributed by atoms with Crippen molar-refractivity contribution < 1.29 is 0 Å². The third-order valence-electron chi connectivity index (χ3n) is 5.32. The van der Waals surface area contributed by atoms with Gasteiger partial charge in [-0.3, -0.25) is 0 Å². The Morgan fingerprint density at radius 3 is 2.39 bits per heavy atom. The minimum Gasteiger partial charge on any atom is -0.313 e. The van der Waals surface area contributed by atoms with Gasteiger partial charge in [0, 0.05) is 12.6 Å². The van der Waals surface area contributed by atoms with Crippen LogP contribution in [0, 0.1) is 11.3 Å². The first-order valence-corrected chi connectivity index (χ1v) is 8.15. The third kappa shape index (κ3) is 3.71. The minimum atomic E-state index is 0.702. The molecule has 2 heteroatoms. The molecule has 2 nitrogen and oxygen atoms in total. The fourth-order valence-corrected chi connectivity index (χ4v) is 3.54. The maximum Gasteiger partial charge on any atom is 0.00681 e. The average molecular weight is 252 g/mol. The Morgan fingerprint density at radius 2 is 1.89 bits per heavy atom. The van der Waals surface area contributed by atoms with Crippen molar-refractivity contribution in [2.24, 2.45) is 11.3 Å². The lowest BCUT2D eigenvalue weighted by molar-refractivity contribution is 0.166. The van der Waals surface area contributed by atoms with Crippen LogP contribution in [-0.4, -0.2) is 37.1 Å². The molecular formula is C16H32N2. The van der Waals surface area contributed by atoms with E-state index in [2.05, 4.69) is 31.0 Å². The van der Waals surface area contributed by atoms with Gasteiger partial charge in [-0.2, -0.15) is 0 Å². The Bertz CT molecular complexity index is 239. The molecular weight excluding hydrogens is 220 g/mol. The maximum absolute atomic E-state index is 3.85. The largest absolute Gasteiger partial charge is 0.313 e. The molecule has 0 radical (unpaired) electrons. The molecule has 0 spiro atoms. The molecule has 1 heterocycles. The molecule has 1 N–H and O–H groups in total. The number of likely N-dealkylation sites (tertiary alicyclic amines) is 1. The van der Waals surface area contributed by atoms with Crippen LogP contribution in [0.4, 0.5) is 0 Å². The highest BCUT2D eigenvalue weighted by molar-refractivity contribution is 4.95. The van der Waals surface area contributed by atoms with Crippen LogP contribution in [0.3, 0.4) is 0 Å². The van der Waals surface area contributed by atoms with Gasteiger partial charge in [0.25, 0.3) is 0 Å². The van der Waals surface area contributed by atoms with E-state index >= 15 is 0 Å². The second-order valence-corrected chi connectivity index (χ2v) is 6.69. The molecule has 18 heavy (non-hydrogen) atoms. The summed E-state index contributed by atoms with van der Waals surface area (Å²) in [5.74, 6) is 0.908. The first-order chi connectivity index (χ1) is 8.69. The van der Waals surface area contributed by atoms with E-state index in [9.17, 15) is 0 Å². The van der Waals surface area contributed by atoms with E-state index in [1.54, 1.807) is 0 Å². The Morgan fingerprint density at radius 1 is 1.22 bits per heavy atom. The number of hydrogen-bond acceptors (Lipinski definition) is 2. The van der Waals surface area contributed by atoms with Gasteiger partial charge in [0.05, 0.1) is 0 Å². The van der Waals surface area contributed by atoms with Gasteiger partial charge in [-0.15, -0.1) is 0 Å². The molecule has 1 aliphatic carbocycles. The van der Waals surface area contributed by atoms with Crippen molar-refractivity contribution >= 4 is 0 Å². The molecule has 1 saturated carbocycles. The van der Waals surface area contributed by atoms with Crippen LogP contribution < -0.4 is 5.32 Å². The second kappa shape index (κ2) is 6.38. The van der Waals surface area contributed by atoms with Crippen LogP contribution in [0.15, 0.2) is 0 Å². The van der Waals surface area contributed by atoms with E-state index in [4.69, 9.17) is 0 Å². The first kappa shape index (κ1) is 14.3. The SMILES string of the molecule is CCCC1(CNC(C)C2CCN(CC)CC2)CC1. The van der Waals surface area contributed by atoms with Crippen molar-refractivity contribution in [3.63, 3.8) is 0 Å². The molecule has 1 aliphatic heterocycles. The highest BCUT2D eigenvalue weighted by atomic mass is 15.1. The average Bonchev–Trinajstić information content (AvgIpc) is 3.17. The summed E-state index contributed by atoms with van der Waals surface area (Å²) >= 11 is 0. The maximum atomic E-state index is 3.85. The standard InChI is InChI=1S/C16H32N2/c1-4-8-16(9-10-16)13-17-14(3)15-6-11-18(5-2)12-7-15/h14-15,17H,4-13H2,1-3H3. The van der Waals surface area contributed by atoms with Gasteiger partial charge in [-0.1, -0.05) is 20.3 Å². The molecule has 2 fully saturated rings. The summed E-state index contributed by atoms with van der Waals surface area (Å²) in [6.45, 7) is 12.1. The summed E-state index contributed by atoms with van der Waals surface area (Å²) in [6, 6.07) is 0.721. The number of hydrogen-bond donors (Lipinski definition) is 1. The van der Waals surface area contributed by atoms with Crippen LogP contribution in [0.25, 0.3) is 0 Å². The van der Waals surface area contributed by atoms with E-state index in [0.29, 0.717) is 5.41 Å². The van der Waals surface area contributed by atoms with Crippen molar-refractivity contribution in [1.29, 1.82) is 0 Å². The van der Waals surface area contributed by atoms with Crippen LogP contribution in [0.2, 0.25) is 0 Å². The minimum absolute atomic E-state index is 0.702. The highest BCUT2D eigenvalue weighted by Gasteiger charge is 2.41. The molecule has 0 aromatic heterocycles. The highest BCUT2D eigenvalue weighted by Crippen LogP contribution is 2.49. The fraction of sp³-hybridized carbons (Fsp3) is 1.00. The number of rotatable bonds is 7. The van der Waals surface area contributed by atoms with Gasteiger partial charge in [0.15, 0.2) is 0 Å². The number of nitrogens with zero attached hydrogens (tertiary/aromatic N) is 1. The van der Waals surface area contributed by atoms with Crippen molar-refractivity contribution in [2.75, 3.05) is 26.2 Å². The normalized spacial score (nSPS) is 26.2. The fourth-order valence-electron chi connectivity index (χ4n) is 3.54. The van der Waals surface area contributed by atoms with Crippen molar-refractivity contribution in [3.8, 4) is 0 Å². The van der Waals surface area contributed by atoms with Crippen molar-refractivity contribution in [3.05, 3.63) is 0 Å². The summed E-state index contributed by atoms with van der Waals surface area (Å²) in [7, 11) is 0. The first-order valence-electron chi connectivity index (χ1n) is 8.15. The zero-order chi connectivity index (χ0) is 13.0. The summed E-state index contributed by atoms with van der Waals surface area (Å²) in [5, 5.41) is 3.85. The predicted octanol–water partition coefficient (Wildman–Crippen LogP) is 3.28. The lowest BCUT2D eigenvalue weighted by Gasteiger charge is -2.35. The lowest BCUT2D eigenvalue weighted by atomic mass is 9.89. The van der Waals surface area contributed by atoms with E-state index in [1.165, 1.54) is 64.7 Å². The number of nitrogens with one attached hydrogen (secondary N) is 1. The van der Waals surface area contributed by atoms with Gasteiger partial charge in [0.2, 0.25) is 0 Å². The van der Waals surface area contributed by atoms with E-state index in [-0.39, 0.29) is 0 Å². The smallest absolute Gasteiger partial charge is 0.00681 e. The molecule has 0 bridgehead atoms. The molecule has 2 aliphatic rings. The van der Waals surface area contributed by atoms with Gasteiger partial charge in [0.1, 0.15) is 0 Å². The van der Waals surface area contributed by atoms with Gasteiger partial charge in [-0.25, -0.2) is 0 Å². The summed E-state index contributed by atoms with van der Waals surface area (Å²) in [6.07, 6.45) is 8.50. The van der Waals surface area contributed by atoms with Gasteiger partial charge < -0.3 is 10.2 Å². The predicted molar refractivity (Wildman–Crippen MR) is 78.9 cm³/mol. The summed E-state index contributed by atoms with van der Waals surface area (Å²) in [5.41, 5.74) is 0.702. The molecule has 2 rings (SSSR count). The lowest BCUT2D eigenvalue weighted by Crippen LogP contribution is -2.43. The summed E-state index contributed by atoms with van der Waals surface area (Å²) < 4.78 is 0. The molecule has 0 aromatic carbocycles. The summed E-state index contributed by atoms with van der Waals surface area (Å²) in [4.78, 5) is 2.59. The van der Waals surface area contributed by atoms with Crippen molar-refractivity contribution in [1.82, 2.24) is 10.2 Å². The molecule has 106 valence electrons. The zero-order valence-corrected chi connectivity index (χ0v) is 12.7. The zero-order valence-electron chi connectivity index (χ0n) is 12.7. The molecule has 0 aromatic rings. The van der Waals surface area contributed by atoms with Crippen molar-refractivity contribution in [2.45, 2.75) is 65.3 Å². The van der Waals surface area contributed by atoms with Crippen LogP contribution >= 0.6 is 0 Å². The van der Waals surface area contributed by atoms with E-state index in [1.807, 2.05) is 0 Å². The Labute approximate surface area is 114 Å². The monoisotopic (exact) mass is 252 g/mol. The molecule has 1 saturated heterocycles. The second-order valence-electron chi connectivity index (χ2n) is 6.69. The quantitative estimate of drug-likeness (QED) is 0.748. The molecule has 0 amide bonds. The topological polar surface area (TPSA) is 15.3 Å². The Kier molecular flexibility index (Phi) is 5.08. The van der Waals surface area contributed by atoms with Gasteiger partial charge >= 0.3 is 0 Å². The van der Waals surface area contributed by atoms with E-state index in [0.717, 1.165) is 12.0 Å². The van der Waals surface area contributed by atoms with Crippen LogP contribution in [-0.2, 0) is 0 Å². The van der Waals surface area contributed by atoms with Crippen LogP contribution in [0.5, 0.6) is 0 Å².